The minimum absolute atomic E-state index is 0.552. The third kappa shape index (κ3) is 5.12. The molecule has 9 aromatic carbocycles. The molecule has 0 atom stereocenters. The highest BCUT2D eigenvalue weighted by Crippen LogP contribution is 2.44. The van der Waals surface area contributed by atoms with Crippen molar-refractivity contribution >= 4 is 76.3 Å². The predicted molar refractivity (Wildman–Crippen MR) is 250 cm³/mol. The van der Waals surface area contributed by atoms with Crippen molar-refractivity contribution in [3.8, 4) is 45.5 Å². The van der Waals surface area contributed by atoms with Crippen molar-refractivity contribution in [1.29, 1.82) is 0 Å². The summed E-state index contributed by atoms with van der Waals surface area (Å²) in [6.07, 6.45) is 0. The number of hydrogen-bond acceptors (Lipinski definition) is 4. The molecule has 13 rings (SSSR count). The maximum absolute atomic E-state index is 6.92. The molecule has 13 aromatic rings. The van der Waals surface area contributed by atoms with Crippen LogP contribution in [0.5, 0.6) is 0 Å². The Bertz CT molecular complexity index is 3880. The molecule has 0 aliphatic carbocycles. The van der Waals surface area contributed by atoms with Crippen LogP contribution in [0.25, 0.3) is 122 Å². The zero-order valence-corrected chi connectivity index (χ0v) is 32.7. The van der Waals surface area contributed by atoms with Crippen LogP contribution in [0.4, 0.5) is 0 Å². The molecule has 0 saturated heterocycles. The fourth-order valence-electron chi connectivity index (χ4n) is 9.38. The van der Waals surface area contributed by atoms with Gasteiger partial charge in [0, 0.05) is 54.7 Å². The quantitative estimate of drug-likeness (QED) is 0.175. The number of aromatic nitrogens is 5. The van der Waals surface area contributed by atoms with Crippen LogP contribution in [0.1, 0.15) is 0 Å². The second-order valence-electron chi connectivity index (χ2n) is 15.6. The van der Waals surface area contributed by atoms with Crippen molar-refractivity contribution in [2.75, 3.05) is 0 Å². The minimum Gasteiger partial charge on any atom is -0.454 e. The van der Waals surface area contributed by atoms with Crippen LogP contribution in [0.2, 0.25) is 0 Å². The highest BCUT2D eigenvalue weighted by Gasteiger charge is 2.25. The Balaban J connectivity index is 1.13. The molecule has 6 heteroatoms. The van der Waals surface area contributed by atoms with Crippen LogP contribution in [0, 0.1) is 0 Å². The summed E-state index contributed by atoms with van der Waals surface area (Å²) >= 11 is 0. The number of para-hydroxylation sites is 4. The molecule has 6 nitrogen and oxygen atoms in total. The Kier molecular flexibility index (Phi) is 7.21. The third-order valence-corrected chi connectivity index (χ3v) is 12.1. The lowest BCUT2D eigenvalue weighted by Gasteiger charge is -2.15. The molecule has 284 valence electrons. The maximum Gasteiger partial charge on any atom is 0.166 e. The van der Waals surface area contributed by atoms with Crippen molar-refractivity contribution in [2.45, 2.75) is 0 Å². The molecule has 0 aliphatic rings. The summed E-state index contributed by atoms with van der Waals surface area (Å²) in [6, 6.07) is 70.2. The first-order chi connectivity index (χ1) is 30.2. The molecule has 0 fully saturated rings. The molecule has 4 heterocycles. The second kappa shape index (κ2) is 13.1. The Morgan fingerprint density at radius 2 is 0.902 bits per heavy atom. The van der Waals surface area contributed by atoms with E-state index in [4.69, 9.17) is 19.4 Å². The predicted octanol–water partition coefficient (Wildman–Crippen LogP) is 14.1. The lowest BCUT2D eigenvalue weighted by atomic mass is 10.0. The first kappa shape index (κ1) is 33.6. The van der Waals surface area contributed by atoms with Crippen molar-refractivity contribution < 1.29 is 4.42 Å². The second-order valence-corrected chi connectivity index (χ2v) is 15.6. The standard InChI is InChI=1S/C55H33N5O/c1-3-15-34(16-4-1)53-56-54(37-27-28-41-39-21-9-12-24-46(39)59(48(41)33-37)38-19-5-2-6-20-38)58-55(57-53)44-30-29-43-42-23-11-14-26-50(42)61-52(43)51(44)60-47-25-13-10-22-40(47)45-31-35-17-7-8-18-36(35)32-49(45)60/h1-33H. The highest BCUT2D eigenvalue weighted by atomic mass is 16.3. The van der Waals surface area contributed by atoms with Crippen molar-refractivity contribution in [3.05, 3.63) is 200 Å². The number of nitrogens with zero attached hydrogens (tertiary/aromatic N) is 5. The normalized spacial score (nSPS) is 11.9. The van der Waals surface area contributed by atoms with Crippen LogP contribution < -0.4 is 0 Å². The molecular formula is C55H33N5O. The summed E-state index contributed by atoms with van der Waals surface area (Å²) in [5.74, 6) is 1.73. The van der Waals surface area contributed by atoms with Crippen LogP contribution in [0.3, 0.4) is 0 Å². The van der Waals surface area contributed by atoms with Crippen LogP contribution in [0.15, 0.2) is 205 Å². The van der Waals surface area contributed by atoms with E-state index in [1.165, 1.54) is 10.8 Å². The van der Waals surface area contributed by atoms with Crippen molar-refractivity contribution in [2.24, 2.45) is 0 Å². The first-order valence-corrected chi connectivity index (χ1v) is 20.5. The van der Waals surface area contributed by atoms with E-state index in [0.717, 1.165) is 93.6 Å². The molecule has 0 spiro atoms. The molecular weight excluding hydrogens is 747 g/mol. The Morgan fingerprint density at radius 3 is 1.69 bits per heavy atom. The number of rotatable bonds is 5. The minimum atomic E-state index is 0.552. The van der Waals surface area contributed by atoms with Crippen LogP contribution in [-0.4, -0.2) is 24.1 Å². The van der Waals surface area contributed by atoms with Gasteiger partial charge in [0.05, 0.1) is 22.1 Å². The van der Waals surface area contributed by atoms with E-state index in [2.05, 4.69) is 179 Å². The average molecular weight is 780 g/mol. The van der Waals surface area contributed by atoms with Gasteiger partial charge in [0.25, 0.3) is 0 Å². The number of furan rings is 1. The monoisotopic (exact) mass is 779 g/mol. The van der Waals surface area contributed by atoms with Gasteiger partial charge < -0.3 is 13.6 Å². The number of hydrogen-bond donors (Lipinski definition) is 0. The summed E-state index contributed by atoms with van der Waals surface area (Å²) in [5.41, 5.74) is 10.6. The van der Waals surface area contributed by atoms with E-state index in [9.17, 15) is 0 Å². The van der Waals surface area contributed by atoms with Gasteiger partial charge in [0.1, 0.15) is 11.3 Å². The summed E-state index contributed by atoms with van der Waals surface area (Å²) in [6.45, 7) is 0. The highest BCUT2D eigenvalue weighted by molar-refractivity contribution is 6.17. The number of fused-ring (bicyclic) bond motifs is 10. The third-order valence-electron chi connectivity index (χ3n) is 12.1. The molecule has 61 heavy (non-hydrogen) atoms. The van der Waals surface area contributed by atoms with Gasteiger partial charge in [0.2, 0.25) is 0 Å². The first-order valence-electron chi connectivity index (χ1n) is 20.5. The van der Waals surface area contributed by atoms with E-state index < -0.39 is 0 Å². The summed E-state index contributed by atoms with van der Waals surface area (Å²) < 4.78 is 11.6. The molecule has 0 radical (unpaired) electrons. The molecule has 0 amide bonds. The van der Waals surface area contributed by atoms with Gasteiger partial charge >= 0.3 is 0 Å². The average Bonchev–Trinajstić information content (AvgIpc) is 3.98. The molecule has 0 aliphatic heterocycles. The Labute approximate surface area is 349 Å². The van der Waals surface area contributed by atoms with E-state index in [-0.39, 0.29) is 0 Å². The summed E-state index contributed by atoms with van der Waals surface area (Å²) in [7, 11) is 0. The van der Waals surface area contributed by atoms with Gasteiger partial charge in [-0.15, -0.1) is 0 Å². The fraction of sp³-hybridized carbons (Fsp3) is 0. The van der Waals surface area contributed by atoms with Gasteiger partial charge in [-0.1, -0.05) is 140 Å². The Hall–Kier alpha value is -8.35. The molecule has 4 aromatic heterocycles. The molecule has 0 unspecified atom stereocenters. The zero-order valence-electron chi connectivity index (χ0n) is 32.7. The molecule has 0 bridgehead atoms. The SMILES string of the molecule is c1ccc(-c2nc(-c3ccc4c5ccccc5n(-c5ccccc5)c4c3)nc(-c3ccc4c(oc5ccccc54)c3-n3c4ccccc4c4cc5ccccc5cc43)n2)cc1. The Morgan fingerprint density at radius 1 is 0.344 bits per heavy atom. The lowest BCUT2D eigenvalue weighted by Crippen LogP contribution is -2.04. The van der Waals surface area contributed by atoms with Gasteiger partial charge in [-0.05, 0) is 71.4 Å². The van der Waals surface area contributed by atoms with Gasteiger partial charge in [0.15, 0.2) is 23.1 Å². The summed E-state index contributed by atoms with van der Waals surface area (Å²) in [4.78, 5) is 16.0. The maximum atomic E-state index is 6.92. The smallest absolute Gasteiger partial charge is 0.166 e. The van der Waals surface area contributed by atoms with Gasteiger partial charge in [-0.3, -0.25) is 0 Å². The van der Waals surface area contributed by atoms with Gasteiger partial charge in [-0.2, -0.15) is 0 Å². The van der Waals surface area contributed by atoms with Crippen molar-refractivity contribution in [3.63, 3.8) is 0 Å². The topological polar surface area (TPSA) is 61.7 Å². The zero-order chi connectivity index (χ0) is 40.0. The van der Waals surface area contributed by atoms with E-state index >= 15 is 0 Å². The van der Waals surface area contributed by atoms with Crippen LogP contribution in [-0.2, 0) is 0 Å². The summed E-state index contributed by atoms with van der Waals surface area (Å²) in [5, 5.41) is 9.11. The number of benzene rings is 9. The molecule has 0 N–H and O–H groups in total. The fourth-order valence-corrected chi connectivity index (χ4v) is 9.38. The molecule has 0 saturated carbocycles. The largest absolute Gasteiger partial charge is 0.454 e. The van der Waals surface area contributed by atoms with Gasteiger partial charge in [-0.25, -0.2) is 15.0 Å². The van der Waals surface area contributed by atoms with E-state index in [1.54, 1.807) is 0 Å². The lowest BCUT2D eigenvalue weighted by molar-refractivity contribution is 0.666. The van der Waals surface area contributed by atoms with Crippen LogP contribution >= 0.6 is 0 Å². The van der Waals surface area contributed by atoms with E-state index in [0.29, 0.717) is 17.5 Å². The van der Waals surface area contributed by atoms with Crippen molar-refractivity contribution in [1.82, 2.24) is 24.1 Å². The van der Waals surface area contributed by atoms with E-state index in [1.807, 2.05) is 30.3 Å².